The number of likely N-dealkylation sites (N-methyl/N-ethyl adjacent to an activating group) is 1. The van der Waals surface area contributed by atoms with Gasteiger partial charge in [-0.25, -0.2) is 9.36 Å². The van der Waals surface area contributed by atoms with Gasteiger partial charge in [0.25, 0.3) is 0 Å². The summed E-state index contributed by atoms with van der Waals surface area (Å²) >= 11 is 0. The molecule has 0 radical (unpaired) electrons. The van der Waals surface area contributed by atoms with E-state index in [9.17, 15) is 27.9 Å². The van der Waals surface area contributed by atoms with Crippen molar-refractivity contribution >= 4 is 11.6 Å². The molecule has 13 heteroatoms. The first-order chi connectivity index (χ1) is 17.1. The number of alkyl halides is 3. The number of imidazole rings is 1. The number of anilines is 1. The van der Waals surface area contributed by atoms with E-state index in [0.717, 1.165) is 42.9 Å². The number of pyridine rings is 1. The number of aromatic nitrogens is 3. The van der Waals surface area contributed by atoms with E-state index in [1.807, 2.05) is 7.05 Å². The van der Waals surface area contributed by atoms with E-state index in [-0.39, 0.29) is 24.7 Å². The van der Waals surface area contributed by atoms with Gasteiger partial charge in [-0.15, -0.1) is 13.2 Å². The number of carbonyl (C=O) groups excluding carboxylic acids is 1. The molecule has 0 aliphatic carbocycles. The number of carbonyl (C=O) groups is 1. The van der Waals surface area contributed by atoms with Crippen molar-refractivity contribution in [3.63, 3.8) is 0 Å². The van der Waals surface area contributed by atoms with Crippen LogP contribution < -0.4 is 15.7 Å². The fourth-order valence-electron chi connectivity index (χ4n) is 3.89. The van der Waals surface area contributed by atoms with Crippen LogP contribution in [0.25, 0.3) is 5.69 Å². The van der Waals surface area contributed by atoms with Crippen molar-refractivity contribution in [3.8, 4) is 17.3 Å². The molecular weight excluding hydrogens is 481 g/mol. The molecule has 1 aromatic carbocycles. The second kappa shape index (κ2) is 10.4. The summed E-state index contributed by atoms with van der Waals surface area (Å²) < 4.78 is 43.2. The molecule has 1 amide bonds. The highest BCUT2D eigenvalue weighted by molar-refractivity contribution is 5.92. The number of nitrogens with zero attached hydrogens (tertiary/aromatic N) is 5. The van der Waals surface area contributed by atoms with Crippen LogP contribution in [0.4, 0.5) is 18.9 Å². The third kappa shape index (κ3) is 6.23. The van der Waals surface area contributed by atoms with Gasteiger partial charge in [0.15, 0.2) is 0 Å². The lowest BCUT2D eigenvalue weighted by Crippen LogP contribution is -2.47. The van der Waals surface area contributed by atoms with Gasteiger partial charge in [0, 0.05) is 32.4 Å². The van der Waals surface area contributed by atoms with Crippen LogP contribution in [0.5, 0.6) is 11.6 Å². The lowest BCUT2D eigenvalue weighted by atomic mass is 10.2. The molecule has 4 rings (SSSR count). The number of hydrogen-bond donors (Lipinski definition) is 2. The summed E-state index contributed by atoms with van der Waals surface area (Å²) in [5, 5.41) is 13.2. The van der Waals surface area contributed by atoms with Crippen molar-refractivity contribution in [2.45, 2.75) is 12.9 Å². The number of nitrogens with one attached hydrogen (secondary N) is 1. The van der Waals surface area contributed by atoms with Crippen molar-refractivity contribution in [2.24, 2.45) is 0 Å². The number of rotatable bonds is 7. The van der Waals surface area contributed by atoms with Gasteiger partial charge in [-0.3, -0.25) is 19.2 Å². The van der Waals surface area contributed by atoms with Gasteiger partial charge in [-0.1, -0.05) is 0 Å². The normalized spacial score (nSPS) is 15.1. The van der Waals surface area contributed by atoms with Gasteiger partial charge < -0.3 is 20.1 Å². The number of hydrogen-bond acceptors (Lipinski definition) is 7. The third-order valence-electron chi connectivity index (χ3n) is 5.76. The number of piperazine rings is 1. The zero-order valence-electron chi connectivity index (χ0n) is 19.4. The van der Waals surface area contributed by atoms with E-state index in [2.05, 4.69) is 24.8 Å². The van der Waals surface area contributed by atoms with Crippen molar-refractivity contribution < 1.29 is 27.8 Å². The van der Waals surface area contributed by atoms with E-state index < -0.39 is 23.7 Å². The highest BCUT2D eigenvalue weighted by atomic mass is 19.4. The van der Waals surface area contributed by atoms with Crippen LogP contribution in [-0.2, 0) is 11.3 Å². The Hall–Kier alpha value is -3.84. The molecule has 10 nitrogen and oxygen atoms in total. The minimum Gasteiger partial charge on any atom is -0.493 e. The van der Waals surface area contributed by atoms with Gasteiger partial charge in [0.2, 0.25) is 11.8 Å². The first kappa shape index (κ1) is 25.3. The first-order valence-electron chi connectivity index (χ1n) is 11.1. The van der Waals surface area contributed by atoms with Gasteiger partial charge in [-0.05, 0) is 42.9 Å². The Balaban J connectivity index is 1.48. The summed E-state index contributed by atoms with van der Waals surface area (Å²) in [5.74, 6) is -1.06. The van der Waals surface area contributed by atoms with E-state index >= 15 is 0 Å². The van der Waals surface area contributed by atoms with Crippen LogP contribution in [0.15, 0.2) is 53.7 Å². The molecule has 1 saturated heterocycles. The van der Waals surface area contributed by atoms with Crippen LogP contribution in [0, 0.1) is 0 Å². The van der Waals surface area contributed by atoms with Gasteiger partial charge in [0.05, 0.1) is 36.9 Å². The third-order valence-corrected chi connectivity index (χ3v) is 5.76. The van der Waals surface area contributed by atoms with E-state index in [4.69, 9.17) is 0 Å². The molecular formula is C23H25F3N6O4. The number of benzene rings is 1. The van der Waals surface area contributed by atoms with E-state index in [0.29, 0.717) is 11.3 Å². The molecule has 0 saturated carbocycles. The molecule has 0 spiro atoms. The maximum Gasteiger partial charge on any atom is 0.573 e. The fourth-order valence-corrected chi connectivity index (χ4v) is 3.89. The molecule has 1 aliphatic rings. The number of aromatic hydroxyl groups is 1. The Kier molecular flexibility index (Phi) is 7.31. The van der Waals surface area contributed by atoms with Crippen LogP contribution in [-0.4, -0.2) is 81.1 Å². The second-order valence-electron chi connectivity index (χ2n) is 8.44. The molecule has 3 aromatic rings. The Morgan fingerprint density at radius 1 is 1.14 bits per heavy atom. The standard InChI is InChI=1S/C23H25F3N6O4/c1-29-8-10-30(11-9-29)14-20(33)28-19-12-27-7-6-16(19)13-31-15-21(34)32(22(31)35)17-2-4-18(5-3-17)36-23(24,25)26/h2-7,12,15,34H,8-11,13-14H2,1H3,(H,28,33). The molecule has 0 unspecified atom stereocenters. The summed E-state index contributed by atoms with van der Waals surface area (Å²) in [4.78, 5) is 33.9. The predicted octanol–water partition coefficient (Wildman–Crippen LogP) is 1.87. The minimum absolute atomic E-state index is 0.0152. The summed E-state index contributed by atoms with van der Waals surface area (Å²) in [6.07, 6.45) is -0.629. The Morgan fingerprint density at radius 3 is 2.50 bits per heavy atom. The van der Waals surface area contributed by atoms with Crippen molar-refractivity contribution in [1.82, 2.24) is 23.9 Å². The van der Waals surface area contributed by atoms with Crippen LogP contribution in [0.2, 0.25) is 0 Å². The maximum atomic E-state index is 13.0. The molecule has 2 aromatic heterocycles. The van der Waals surface area contributed by atoms with Crippen molar-refractivity contribution in [3.05, 3.63) is 65.0 Å². The van der Waals surface area contributed by atoms with E-state index in [1.165, 1.54) is 35.3 Å². The highest BCUT2D eigenvalue weighted by Crippen LogP contribution is 2.25. The van der Waals surface area contributed by atoms with Gasteiger partial charge in [-0.2, -0.15) is 0 Å². The molecule has 192 valence electrons. The SMILES string of the molecule is CN1CCN(CC(=O)Nc2cnccc2Cn2cc(O)n(-c3ccc(OC(F)(F)F)cc3)c2=O)CC1. The van der Waals surface area contributed by atoms with Crippen molar-refractivity contribution in [1.29, 1.82) is 0 Å². The lowest BCUT2D eigenvalue weighted by molar-refractivity contribution is -0.274. The van der Waals surface area contributed by atoms with Crippen molar-refractivity contribution in [2.75, 3.05) is 45.1 Å². The summed E-state index contributed by atoms with van der Waals surface area (Å²) in [6.45, 7) is 3.58. The largest absolute Gasteiger partial charge is 0.573 e. The molecule has 0 bridgehead atoms. The Morgan fingerprint density at radius 2 is 1.83 bits per heavy atom. The monoisotopic (exact) mass is 506 g/mol. The second-order valence-corrected chi connectivity index (χ2v) is 8.44. The maximum absolute atomic E-state index is 13.0. The molecule has 0 atom stereocenters. The zero-order chi connectivity index (χ0) is 25.9. The summed E-state index contributed by atoms with van der Waals surface area (Å²) in [7, 11) is 2.03. The highest BCUT2D eigenvalue weighted by Gasteiger charge is 2.31. The average molecular weight is 506 g/mol. The smallest absolute Gasteiger partial charge is 0.493 e. The first-order valence-corrected chi connectivity index (χ1v) is 11.1. The quantitative estimate of drug-likeness (QED) is 0.504. The summed E-state index contributed by atoms with van der Waals surface area (Å²) in [6, 6.07) is 6.19. The van der Waals surface area contributed by atoms with Crippen LogP contribution in [0.3, 0.4) is 0 Å². The van der Waals surface area contributed by atoms with E-state index in [1.54, 1.807) is 6.07 Å². The minimum atomic E-state index is -4.84. The average Bonchev–Trinajstić information content (AvgIpc) is 3.09. The van der Waals surface area contributed by atoms with Gasteiger partial charge in [0.1, 0.15) is 5.75 Å². The molecule has 1 fully saturated rings. The topological polar surface area (TPSA) is 105 Å². The lowest BCUT2D eigenvalue weighted by Gasteiger charge is -2.31. The molecule has 1 aliphatic heterocycles. The number of amides is 1. The Bertz CT molecular complexity index is 1260. The molecule has 2 N–H and O–H groups in total. The van der Waals surface area contributed by atoms with Crippen LogP contribution in [0.1, 0.15) is 5.56 Å². The van der Waals surface area contributed by atoms with Crippen LogP contribution >= 0.6 is 0 Å². The molecule has 3 heterocycles. The molecule has 36 heavy (non-hydrogen) atoms. The Labute approximate surface area is 204 Å². The summed E-state index contributed by atoms with van der Waals surface area (Å²) in [5.41, 5.74) is 0.555. The van der Waals surface area contributed by atoms with Gasteiger partial charge >= 0.3 is 12.1 Å². The predicted molar refractivity (Wildman–Crippen MR) is 124 cm³/mol. The number of halogens is 3. The fraction of sp³-hybridized carbons (Fsp3) is 0.348. The zero-order valence-corrected chi connectivity index (χ0v) is 19.4. The number of ether oxygens (including phenoxy) is 1.